The summed E-state index contributed by atoms with van der Waals surface area (Å²) in [6.07, 6.45) is 0.480. The smallest absolute Gasteiger partial charge is 0.227 e. The first-order valence-electron chi connectivity index (χ1n) is 8.45. The number of amides is 1. The minimum absolute atomic E-state index is 0.0931. The van der Waals surface area contributed by atoms with Crippen LogP contribution in [0.1, 0.15) is 23.7 Å². The monoisotopic (exact) mass is 335 g/mol. The van der Waals surface area contributed by atoms with E-state index in [1.807, 2.05) is 55.3 Å². The van der Waals surface area contributed by atoms with E-state index >= 15 is 0 Å². The van der Waals surface area contributed by atoms with E-state index in [9.17, 15) is 4.79 Å². The highest BCUT2D eigenvalue weighted by molar-refractivity contribution is 5.97. The zero-order chi connectivity index (χ0) is 17.6. The molecule has 2 heterocycles. The van der Waals surface area contributed by atoms with Gasteiger partial charge in [0.05, 0.1) is 23.8 Å². The van der Waals surface area contributed by atoms with E-state index in [-0.39, 0.29) is 11.8 Å². The molecule has 0 radical (unpaired) electrons. The molecule has 0 aliphatic carbocycles. The highest BCUT2D eigenvalue weighted by Gasteiger charge is 2.35. The molecule has 128 valence electrons. The number of benzene rings is 2. The maximum absolute atomic E-state index is 12.7. The van der Waals surface area contributed by atoms with Crippen LogP contribution >= 0.6 is 0 Å². The molecule has 2 aromatic carbocycles. The number of methoxy groups -OCH3 is 1. The molecule has 1 atom stereocenters. The molecule has 1 unspecified atom stereocenters. The van der Waals surface area contributed by atoms with Gasteiger partial charge in [-0.25, -0.2) is 4.98 Å². The van der Waals surface area contributed by atoms with Crippen LogP contribution in [0.5, 0.6) is 5.75 Å². The van der Waals surface area contributed by atoms with Crippen LogP contribution in [0.4, 0.5) is 5.69 Å². The fourth-order valence-corrected chi connectivity index (χ4v) is 3.76. The van der Waals surface area contributed by atoms with Gasteiger partial charge in [0.1, 0.15) is 11.6 Å². The van der Waals surface area contributed by atoms with Gasteiger partial charge in [-0.2, -0.15) is 0 Å². The Labute approximate surface area is 146 Å². The summed E-state index contributed by atoms with van der Waals surface area (Å²) in [5, 5.41) is 0. The Morgan fingerprint density at radius 3 is 2.72 bits per heavy atom. The van der Waals surface area contributed by atoms with Crippen molar-refractivity contribution in [2.45, 2.75) is 19.3 Å². The first-order chi connectivity index (χ1) is 12.1. The third-order valence-electron chi connectivity index (χ3n) is 5.08. The highest BCUT2D eigenvalue weighted by atomic mass is 16.5. The number of carbonyl (C=O) groups excluding carboxylic acids is 1. The minimum Gasteiger partial charge on any atom is -0.496 e. The number of imidazole rings is 1. The molecule has 4 rings (SSSR count). The summed E-state index contributed by atoms with van der Waals surface area (Å²) >= 11 is 0. The third kappa shape index (κ3) is 2.47. The molecule has 0 N–H and O–H groups in total. The summed E-state index contributed by atoms with van der Waals surface area (Å²) < 4.78 is 7.50. The summed E-state index contributed by atoms with van der Waals surface area (Å²) in [6, 6.07) is 13.9. The average molecular weight is 335 g/mol. The number of hydrogen-bond donors (Lipinski definition) is 0. The second-order valence-electron chi connectivity index (χ2n) is 6.53. The Bertz CT molecular complexity index is 961. The lowest BCUT2D eigenvalue weighted by Crippen LogP contribution is -2.25. The Hall–Kier alpha value is -2.82. The largest absolute Gasteiger partial charge is 0.496 e. The number of ether oxygens (including phenoxy) is 1. The van der Waals surface area contributed by atoms with Crippen LogP contribution in [-0.4, -0.2) is 29.1 Å². The fourth-order valence-electron chi connectivity index (χ4n) is 3.76. The van der Waals surface area contributed by atoms with Crippen molar-refractivity contribution in [3.05, 3.63) is 53.9 Å². The van der Waals surface area contributed by atoms with Gasteiger partial charge in [-0.3, -0.25) is 4.79 Å². The van der Waals surface area contributed by atoms with Crippen LogP contribution in [0, 0.1) is 6.92 Å². The van der Waals surface area contributed by atoms with Gasteiger partial charge in [-0.15, -0.1) is 0 Å². The first-order valence-corrected chi connectivity index (χ1v) is 8.45. The normalized spacial score (nSPS) is 17.5. The summed E-state index contributed by atoms with van der Waals surface area (Å²) in [7, 11) is 3.68. The van der Waals surface area contributed by atoms with Crippen LogP contribution in [0.2, 0.25) is 0 Å². The van der Waals surface area contributed by atoms with Gasteiger partial charge in [-0.1, -0.05) is 18.2 Å². The van der Waals surface area contributed by atoms with Gasteiger partial charge in [0, 0.05) is 31.5 Å². The third-order valence-corrected chi connectivity index (χ3v) is 5.08. The number of hydrogen-bond acceptors (Lipinski definition) is 3. The second kappa shape index (κ2) is 5.92. The Balaban J connectivity index is 1.69. The van der Waals surface area contributed by atoms with Gasteiger partial charge in [-0.05, 0) is 31.2 Å². The van der Waals surface area contributed by atoms with E-state index in [1.165, 1.54) is 0 Å². The number of aromatic nitrogens is 2. The Kier molecular flexibility index (Phi) is 3.71. The maximum Gasteiger partial charge on any atom is 0.227 e. The lowest BCUT2D eigenvalue weighted by molar-refractivity contribution is -0.117. The predicted molar refractivity (Wildman–Crippen MR) is 98.2 cm³/mol. The number of nitrogens with zero attached hydrogens (tertiary/aromatic N) is 3. The first kappa shape index (κ1) is 15.7. The van der Waals surface area contributed by atoms with Crippen molar-refractivity contribution in [2.24, 2.45) is 7.05 Å². The fraction of sp³-hybridized carbons (Fsp3) is 0.300. The van der Waals surface area contributed by atoms with Gasteiger partial charge < -0.3 is 14.2 Å². The molecular weight excluding hydrogens is 314 g/mol. The molecule has 1 aliphatic heterocycles. The molecule has 1 fully saturated rings. The average Bonchev–Trinajstić information content (AvgIpc) is 3.16. The number of rotatable bonds is 3. The summed E-state index contributed by atoms with van der Waals surface area (Å²) in [5.74, 6) is 2.00. The number of fused-ring (bicyclic) bond motifs is 1. The summed E-state index contributed by atoms with van der Waals surface area (Å²) in [5.41, 5.74) is 3.99. The number of para-hydroxylation sites is 2. The van der Waals surface area contributed by atoms with Crippen molar-refractivity contribution in [2.75, 3.05) is 18.6 Å². The summed E-state index contributed by atoms with van der Waals surface area (Å²) in [4.78, 5) is 19.3. The van der Waals surface area contributed by atoms with Gasteiger partial charge in [0.15, 0.2) is 0 Å². The number of aryl methyl sites for hydroxylation is 1. The molecule has 1 aliphatic rings. The van der Waals surface area contributed by atoms with Gasteiger partial charge in [0.2, 0.25) is 5.91 Å². The molecule has 0 saturated carbocycles. The van der Waals surface area contributed by atoms with Crippen molar-refractivity contribution in [1.29, 1.82) is 0 Å². The standard InChI is InChI=1S/C20H21N3O2/c1-13-16(9-6-10-18(13)25-3)23-12-14(11-19(23)24)20-21-15-7-4-5-8-17(15)22(20)2/h4-10,14H,11-12H2,1-3H3. The Morgan fingerprint density at radius 1 is 1.16 bits per heavy atom. The molecule has 1 saturated heterocycles. The van der Waals surface area contributed by atoms with Crippen molar-refractivity contribution in [3.8, 4) is 5.75 Å². The van der Waals surface area contributed by atoms with Crippen molar-refractivity contribution in [1.82, 2.24) is 9.55 Å². The molecule has 0 bridgehead atoms. The SMILES string of the molecule is COc1cccc(N2CC(c3nc4ccccc4n3C)CC2=O)c1C. The molecule has 5 heteroatoms. The van der Waals surface area contributed by atoms with Crippen molar-refractivity contribution < 1.29 is 9.53 Å². The predicted octanol–water partition coefficient (Wildman–Crippen LogP) is 3.41. The molecule has 0 spiro atoms. The van der Waals surface area contributed by atoms with E-state index in [2.05, 4.69) is 10.6 Å². The molecule has 5 nitrogen and oxygen atoms in total. The van der Waals surface area contributed by atoms with E-state index in [1.54, 1.807) is 7.11 Å². The molecule has 25 heavy (non-hydrogen) atoms. The molecular formula is C20H21N3O2. The lowest BCUT2D eigenvalue weighted by atomic mass is 10.1. The lowest BCUT2D eigenvalue weighted by Gasteiger charge is -2.20. The van der Waals surface area contributed by atoms with Crippen LogP contribution in [0.3, 0.4) is 0 Å². The van der Waals surface area contributed by atoms with Crippen LogP contribution in [0.15, 0.2) is 42.5 Å². The quantitative estimate of drug-likeness (QED) is 0.737. The van der Waals surface area contributed by atoms with E-state index in [4.69, 9.17) is 9.72 Å². The second-order valence-corrected chi connectivity index (χ2v) is 6.53. The van der Waals surface area contributed by atoms with Crippen molar-refractivity contribution >= 4 is 22.6 Å². The van der Waals surface area contributed by atoms with Crippen LogP contribution in [-0.2, 0) is 11.8 Å². The minimum atomic E-state index is 0.0931. The summed E-state index contributed by atoms with van der Waals surface area (Å²) in [6.45, 7) is 2.63. The maximum atomic E-state index is 12.7. The molecule has 1 amide bonds. The van der Waals surface area contributed by atoms with E-state index in [0.717, 1.165) is 33.9 Å². The zero-order valence-corrected chi connectivity index (χ0v) is 14.7. The van der Waals surface area contributed by atoms with Gasteiger partial charge >= 0.3 is 0 Å². The van der Waals surface area contributed by atoms with Crippen LogP contribution < -0.4 is 9.64 Å². The topological polar surface area (TPSA) is 47.4 Å². The van der Waals surface area contributed by atoms with E-state index in [0.29, 0.717) is 13.0 Å². The molecule has 3 aromatic rings. The highest BCUT2D eigenvalue weighted by Crippen LogP contribution is 2.36. The van der Waals surface area contributed by atoms with E-state index < -0.39 is 0 Å². The Morgan fingerprint density at radius 2 is 1.96 bits per heavy atom. The number of carbonyl (C=O) groups is 1. The molecule has 1 aromatic heterocycles. The zero-order valence-electron chi connectivity index (χ0n) is 14.7. The number of anilines is 1. The van der Waals surface area contributed by atoms with Crippen LogP contribution in [0.25, 0.3) is 11.0 Å². The van der Waals surface area contributed by atoms with Gasteiger partial charge in [0.25, 0.3) is 0 Å². The van der Waals surface area contributed by atoms with Crippen molar-refractivity contribution in [3.63, 3.8) is 0 Å².